The van der Waals surface area contributed by atoms with Gasteiger partial charge in [-0.3, -0.25) is 4.79 Å². The van der Waals surface area contributed by atoms with Gasteiger partial charge in [0.1, 0.15) is 5.75 Å². The third-order valence-electron chi connectivity index (χ3n) is 2.94. The fourth-order valence-electron chi connectivity index (χ4n) is 1.89. The van der Waals surface area contributed by atoms with Crippen molar-refractivity contribution in [2.45, 2.75) is 6.42 Å². The second kappa shape index (κ2) is 7.92. The van der Waals surface area contributed by atoms with E-state index in [1.807, 2.05) is 6.07 Å². The van der Waals surface area contributed by atoms with Crippen LogP contribution in [0.2, 0.25) is 10.0 Å². The molecule has 0 fully saturated rings. The van der Waals surface area contributed by atoms with Crippen LogP contribution in [0.5, 0.6) is 5.75 Å². The van der Waals surface area contributed by atoms with Gasteiger partial charge in [0.2, 0.25) is 5.91 Å². The summed E-state index contributed by atoms with van der Waals surface area (Å²) < 4.78 is 5.08. The molecule has 0 saturated heterocycles. The van der Waals surface area contributed by atoms with Gasteiger partial charge in [0.05, 0.1) is 12.1 Å². The van der Waals surface area contributed by atoms with Crippen molar-refractivity contribution < 1.29 is 9.53 Å². The molecular formula is C16H16Cl2N2O2. The first-order valence-electron chi connectivity index (χ1n) is 6.71. The highest BCUT2D eigenvalue weighted by Crippen LogP contribution is 2.27. The number of halogens is 2. The van der Waals surface area contributed by atoms with E-state index in [2.05, 4.69) is 10.6 Å². The lowest BCUT2D eigenvalue weighted by molar-refractivity contribution is -0.115. The quantitative estimate of drug-likeness (QED) is 0.818. The zero-order valence-corrected chi connectivity index (χ0v) is 13.5. The van der Waals surface area contributed by atoms with Crippen molar-refractivity contribution >= 4 is 40.5 Å². The minimum absolute atomic E-state index is 0.0885. The van der Waals surface area contributed by atoms with Gasteiger partial charge in [-0.15, -0.1) is 0 Å². The summed E-state index contributed by atoms with van der Waals surface area (Å²) >= 11 is 11.9. The highest BCUT2D eigenvalue weighted by atomic mass is 35.5. The topological polar surface area (TPSA) is 50.4 Å². The Morgan fingerprint density at radius 2 is 1.95 bits per heavy atom. The summed E-state index contributed by atoms with van der Waals surface area (Å²) in [6, 6.07) is 12.4. The van der Waals surface area contributed by atoms with Gasteiger partial charge >= 0.3 is 0 Å². The van der Waals surface area contributed by atoms with E-state index < -0.39 is 0 Å². The van der Waals surface area contributed by atoms with E-state index in [4.69, 9.17) is 27.9 Å². The largest absolute Gasteiger partial charge is 0.495 e. The van der Waals surface area contributed by atoms with Crippen molar-refractivity contribution in [3.05, 3.63) is 52.5 Å². The third-order valence-corrected chi connectivity index (χ3v) is 3.47. The van der Waals surface area contributed by atoms with Crippen molar-refractivity contribution in [3.8, 4) is 5.75 Å². The Kier molecular flexibility index (Phi) is 5.92. The Labute approximate surface area is 139 Å². The maximum Gasteiger partial charge on any atom is 0.226 e. The minimum atomic E-state index is -0.0885. The summed E-state index contributed by atoms with van der Waals surface area (Å²) in [7, 11) is 1.56. The van der Waals surface area contributed by atoms with E-state index in [0.29, 0.717) is 34.4 Å². The van der Waals surface area contributed by atoms with Crippen molar-refractivity contribution in [1.82, 2.24) is 0 Å². The SMILES string of the molecule is COc1ccc(NCCC(=O)Nc2cccc(Cl)c2)cc1Cl. The molecule has 2 aromatic rings. The van der Waals surface area contributed by atoms with Gasteiger partial charge in [-0.1, -0.05) is 29.3 Å². The highest BCUT2D eigenvalue weighted by Gasteiger charge is 2.04. The molecule has 0 unspecified atom stereocenters. The molecule has 0 heterocycles. The molecule has 4 nitrogen and oxygen atoms in total. The first-order chi connectivity index (χ1) is 10.6. The lowest BCUT2D eigenvalue weighted by Crippen LogP contribution is -2.16. The van der Waals surface area contributed by atoms with Crippen LogP contribution in [0.4, 0.5) is 11.4 Å². The van der Waals surface area contributed by atoms with Crippen molar-refractivity contribution in [2.75, 3.05) is 24.3 Å². The zero-order valence-electron chi connectivity index (χ0n) is 12.0. The number of methoxy groups -OCH3 is 1. The first kappa shape index (κ1) is 16.5. The zero-order chi connectivity index (χ0) is 15.9. The van der Waals surface area contributed by atoms with Crippen LogP contribution in [0.25, 0.3) is 0 Å². The normalized spacial score (nSPS) is 10.1. The molecular weight excluding hydrogens is 323 g/mol. The number of ether oxygens (including phenoxy) is 1. The molecule has 0 atom stereocenters. The number of benzene rings is 2. The highest BCUT2D eigenvalue weighted by molar-refractivity contribution is 6.32. The molecule has 2 N–H and O–H groups in total. The van der Waals surface area contributed by atoms with E-state index in [9.17, 15) is 4.79 Å². The van der Waals surface area contributed by atoms with Crippen LogP contribution >= 0.6 is 23.2 Å². The van der Waals surface area contributed by atoms with Crippen molar-refractivity contribution in [2.24, 2.45) is 0 Å². The van der Waals surface area contributed by atoms with Crippen LogP contribution in [-0.4, -0.2) is 19.6 Å². The van der Waals surface area contributed by atoms with Gasteiger partial charge in [0.25, 0.3) is 0 Å². The number of hydrogen-bond acceptors (Lipinski definition) is 3. The standard InChI is InChI=1S/C16H16Cl2N2O2/c1-22-15-6-5-12(10-14(15)18)19-8-7-16(21)20-13-4-2-3-11(17)9-13/h2-6,9-10,19H,7-8H2,1H3,(H,20,21). The van der Waals surface area contributed by atoms with Crippen LogP contribution in [0, 0.1) is 0 Å². The third kappa shape index (κ3) is 4.83. The molecule has 2 aromatic carbocycles. The maximum absolute atomic E-state index is 11.8. The molecule has 0 radical (unpaired) electrons. The smallest absolute Gasteiger partial charge is 0.226 e. The number of rotatable bonds is 6. The summed E-state index contributed by atoms with van der Waals surface area (Å²) in [5.74, 6) is 0.528. The molecule has 0 aliphatic rings. The van der Waals surface area contributed by atoms with E-state index in [-0.39, 0.29) is 5.91 Å². The number of nitrogens with one attached hydrogen (secondary N) is 2. The summed E-state index contributed by atoms with van der Waals surface area (Å²) in [6.45, 7) is 0.495. The number of amides is 1. The lowest BCUT2D eigenvalue weighted by atomic mass is 10.2. The van der Waals surface area contributed by atoms with Gasteiger partial charge in [-0.2, -0.15) is 0 Å². The maximum atomic E-state index is 11.8. The molecule has 22 heavy (non-hydrogen) atoms. The van der Waals surface area contributed by atoms with E-state index in [1.165, 1.54) is 0 Å². The molecule has 0 saturated carbocycles. The van der Waals surface area contributed by atoms with Crippen LogP contribution < -0.4 is 15.4 Å². The number of anilines is 2. The molecule has 0 aliphatic heterocycles. The number of carbonyl (C=O) groups is 1. The predicted molar refractivity (Wildman–Crippen MR) is 91.2 cm³/mol. The fourth-order valence-corrected chi connectivity index (χ4v) is 2.33. The van der Waals surface area contributed by atoms with Gasteiger partial charge in [-0.25, -0.2) is 0 Å². The molecule has 116 valence electrons. The van der Waals surface area contributed by atoms with E-state index in [1.54, 1.807) is 43.5 Å². The summed E-state index contributed by atoms with van der Waals surface area (Å²) in [5.41, 5.74) is 1.52. The average Bonchev–Trinajstić information content (AvgIpc) is 2.47. The second-order valence-corrected chi connectivity index (χ2v) is 5.43. The molecule has 1 amide bonds. The van der Waals surface area contributed by atoms with Crippen LogP contribution in [0.3, 0.4) is 0 Å². The Balaban J connectivity index is 1.81. The van der Waals surface area contributed by atoms with E-state index >= 15 is 0 Å². The summed E-state index contributed by atoms with van der Waals surface area (Å²) in [6.07, 6.45) is 0.330. The minimum Gasteiger partial charge on any atom is -0.495 e. The fraction of sp³-hybridized carbons (Fsp3) is 0.188. The van der Waals surface area contributed by atoms with Crippen molar-refractivity contribution in [3.63, 3.8) is 0 Å². The predicted octanol–water partition coefficient (Wildman–Crippen LogP) is 4.44. The Hall–Kier alpha value is -1.91. The second-order valence-electron chi connectivity index (χ2n) is 4.58. The average molecular weight is 339 g/mol. The Morgan fingerprint density at radius 3 is 2.64 bits per heavy atom. The molecule has 0 aromatic heterocycles. The summed E-state index contributed by atoms with van der Waals surface area (Å²) in [4.78, 5) is 11.8. The van der Waals surface area contributed by atoms with Crippen LogP contribution in [0.1, 0.15) is 6.42 Å². The molecule has 0 bridgehead atoms. The first-order valence-corrected chi connectivity index (χ1v) is 7.47. The van der Waals surface area contributed by atoms with Crippen LogP contribution in [-0.2, 0) is 4.79 Å². The summed E-state index contributed by atoms with van der Waals surface area (Å²) in [5, 5.41) is 7.04. The molecule has 0 aliphatic carbocycles. The number of carbonyl (C=O) groups excluding carboxylic acids is 1. The number of hydrogen-bond donors (Lipinski definition) is 2. The monoisotopic (exact) mass is 338 g/mol. The Morgan fingerprint density at radius 1 is 1.14 bits per heavy atom. The lowest BCUT2D eigenvalue weighted by Gasteiger charge is -2.09. The van der Waals surface area contributed by atoms with E-state index in [0.717, 1.165) is 5.69 Å². The molecule has 6 heteroatoms. The van der Waals surface area contributed by atoms with Gasteiger partial charge in [-0.05, 0) is 36.4 Å². The molecule has 0 spiro atoms. The van der Waals surface area contributed by atoms with Crippen molar-refractivity contribution in [1.29, 1.82) is 0 Å². The molecule has 2 rings (SSSR count). The van der Waals surface area contributed by atoms with Gasteiger partial charge in [0.15, 0.2) is 0 Å². The van der Waals surface area contributed by atoms with Crippen LogP contribution in [0.15, 0.2) is 42.5 Å². The van der Waals surface area contributed by atoms with Gasteiger partial charge < -0.3 is 15.4 Å². The Bertz CT molecular complexity index is 662. The van der Waals surface area contributed by atoms with Gasteiger partial charge in [0, 0.05) is 29.4 Å².